The Kier molecular flexibility index (Phi) is 1.29. The van der Waals surface area contributed by atoms with Gasteiger partial charge < -0.3 is 0 Å². The average molecular weight is 107 g/mol. The third-order valence-corrected chi connectivity index (χ3v) is 1.09. The van der Waals surface area contributed by atoms with Crippen LogP contribution in [0.2, 0.25) is 0 Å². The second-order valence-electron chi connectivity index (χ2n) is 2.02. The molecule has 0 aliphatic carbocycles. The molecule has 1 nitrogen and oxygen atoms in total. The summed E-state index contributed by atoms with van der Waals surface area (Å²) < 4.78 is 0. The molecule has 0 atom stereocenters. The van der Waals surface area contributed by atoms with E-state index < -0.39 is 0 Å². The van der Waals surface area contributed by atoms with Gasteiger partial charge in [0.15, 0.2) is 0 Å². The van der Waals surface area contributed by atoms with Gasteiger partial charge in [0, 0.05) is 18.3 Å². The van der Waals surface area contributed by atoms with E-state index in [9.17, 15) is 0 Å². The summed E-state index contributed by atoms with van der Waals surface area (Å²) in [6, 6.07) is 0. The van der Waals surface area contributed by atoms with Crippen molar-refractivity contribution in [2.45, 2.75) is 13.3 Å². The van der Waals surface area contributed by atoms with Gasteiger partial charge in [-0.1, -0.05) is 6.58 Å². The molecule has 1 rings (SSSR count). The average Bonchev–Trinajstić information content (AvgIpc) is 1.64. The largest absolute Gasteiger partial charge is 0.266 e. The number of hydrogen-bond acceptors (Lipinski definition) is 1. The lowest BCUT2D eigenvalue weighted by Crippen LogP contribution is -1.94. The van der Waals surface area contributed by atoms with Crippen LogP contribution in [0.4, 0.5) is 0 Å². The molecule has 0 fully saturated rings. The first-order valence-electron chi connectivity index (χ1n) is 2.66. The number of rotatable bonds is 0. The Hall–Kier alpha value is -0.850. The van der Waals surface area contributed by atoms with Crippen molar-refractivity contribution in [3.63, 3.8) is 0 Å². The first-order valence-corrected chi connectivity index (χ1v) is 2.66. The second kappa shape index (κ2) is 1.95. The maximum atomic E-state index is 4.06. The van der Waals surface area contributed by atoms with Crippen LogP contribution in [0.3, 0.4) is 0 Å². The van der Waals surface area contributed by atoms with Gasteiger partial charge in [-0.05, 0) is 18.6 Å². The molecule has 0 aromatic heterocycles. The van der Waals surface area contributed by atoms with Crippen molar-refractivity contribution in [1.29, 1.82) is 0 Å². The van der Waals surface area contributed by atoms with Crippen LogP contribution in [-0.2, 0) is 0 Å². The van der Waals surface area contributed by atoms with Gasteiger partial charge in [0.1, 0.15) is 0 Å². The highest BCUT2D eigenvalue weighted by Crippen LogP contribution is 2.06. The second-order valence-corrected chi connectivity index (χ2v) is 2.02. The SMILES string of the molecule is C=C1C=CN=C(C)C1. The fraction of sp³-hybridized carbons (Fsp3) is 0.286. The molecule has 0 amide bonds. The summed E-state index contributed by atoms with van der Waals surface area (Å²) in [4.78, 5) is 4.06. The van der Waals surface area contributed by atoms with Crippen molar-refractivity contribution < 1.29 is 0 Å². The molecular formula is C7H9N. The number of allylic oxidation sites excluding steroid dienone is 2. The molecule has 0 bridgehead atoms. The van der Waals surface area contributed by atoms with Gasteiger partial charge in [-0.15, -0.1) is 0 Å². The van der Waals surface area contributed by atoms with E-state index in [-0.39, 0.29) is 0 Å². The third-order valence-electron chi connectivity index (χ3n) is 1.09. The fourth-order valence-electron chi connectivity index (χ4n) is 0.703. The van der Waals surface area contributed by atoms with E-state index in [4.69, 9.17) is 0 Å². The maximum absolute atomic E-state index is 4.06. The lowest BCUT2D eigenvalue weighted by atomic mass is 10.1. The zero-order valence-corrected chi connectivity index (χ0v) is 5.02. The molecule has 0 N–H and O–H groups in total. The van der Waals surface area contributed by atoms with E-state index >= 15 is 0 Å². The topological polar surface area (TPSA) is 12.4 Å². The molecule has 0 saturated carbocycles. The van der Waals surface area contributed by atoms with Crippen LogP contribution in [0.5, 0.6) is 0 Å². The maximum Gasteiger partial charge on any atom is 0.0269 e. The van der Waals surface area contributed by atoms with Gasteiger partial charge in [0.05, 0.1) is 0 Å². The predicted octanol–water partition coefficient (Wildman–Crippen LogP) is 1.92. The summed E-state index contributed by atoms with van der Waals surface area (Å²) >= 11 is 0. The van der Waals surface area contributed by atoms with Crippen molar-refractivity contribution in [3.8, 4) is 0 Å². The van der Waals surface area contributed by atoms with Crippen molar-refractivity contribution >= 4 is 5.71 Å². The normalized spacial score (nSPS) is 18.6. The summed E-state index contributed by atoms with van der Waals surface area (Å²) in [7, 11) is 0. The highest BCUT2D eigenvalue weighted by Gasteiger charge is 1.95. The summed E-state index contributed by atoms with van der Waals surface area (Å²) in [5, 5.41) is 0. The number of nitrogens with zero attached hydrogens (tertiary/aromatic N) is 1. The number of hydrogen-bond donors (Lipinski definition) is 0. The van der Waals surface area contributed by atoms with Gasteiger partial charge in [-0.2, -0.15) is 0 Å². The zero-order chi connectivity index (χ0) is 5.98. The Balaban J connectivity index is 2.73. The molecule has 0 radical (unpaired) electrons. The van der Waals surface area contributed by atoms with E-state index in [0.29, 0.717) is 0 Å². The quantitative estimate of drug-likeness (QED) is 0.448. The van der Waals surface area contributed by atoms with Crippen LogP contribution in [0.1, 0.15) is 13.3 Å². The Bertz CT molecular complexity index is 163. The molecule has 42 valence electrons. The Morgan fingerprint density at radius 3 is 2.88 bits per heavy atom. The van der Waals surface area contributed by atoms with Crippen LogP contribution in [0.25, 0.3) is 0 Å². The molecule has 0 unspecified atom stereocenters. The number of aliphatic imine (C=N–C) groups is 1. The first-order chi connectivity index (χ1) is 3.79. The summed E-state index contributed by atoms with van der Waals surface area (Å²) in [6.45, 7) is 5.81. The fourth-order valence-corrected chi connectivity index (χ4v) is 0.703. The van der Waals surface area contributed by atoms with E-state index in [0.717, 1.165) is 17.7 Å². The molecule has 1 aliphatic rings. The van der Waals surface area contributed by atoms with Crippen molar-refractivity contribution in [2.24, 2.45) is 4.99 Å². The highest BCUT2D eigenvalue weighted by atomic mass is 14.7. The predicted molar refractivity (Wildman–Crippen MR) is 36.0 cm³/mol. The van der Waals surface area contributed by atoms with E-state index in [2.05, 4.69) is 11.6 Å². The highest BCUT2D eigenvalue weighted by molar-refractivity contribution is 5.86. The minimum absolute atomic E-state index is 0.941. The van der Waals surface area contributed by atoms with E-state index in [1.165, 1.54) is 0 Å². The van der Waals surface area contributed by atoms with Gasteiger partial charge in [0.2, 0.25) is 0 Å². The van der Waals surface area contributed by atoms with Crippen molar-refractivity contribution in [3.05, 3.63) is 24.4 Å². The van der Waals surface area contributed by atoms with Crippen LogP contribution in [-0.4, -0.2) is 5.71 Å². The van der Waals surface area contributed by atoms with Gasteiger partial charge in [-0.3, -0.25) is 4.99 Å². The van der Waals surface area contributed by atoms with Gasteiger partial charge in [0.25, 0.3) is 0 Å². The van der Waals surface area contributed by atoms with Crippen molar-refractivity contribution in [1.82, 2.24) is 0 Å². The monoisotopic (exact) mass is 107 g/mol. The van der Waals surface area contributed by atoms with Crippen LogP contribution >= 0.6 is 0 Å². The Labute approximate surface area is 49.4 Å². The summed E-state index contributed by atoms with van der Waals surface area (Å²) in [5.74, 6) is 0. The molecule has 0 spiro atoms. The third kappa shape index (κ3) is 1.06. The minimum Gasteiger partial charge on any atom is -0.266 e. The van der Waals surface area contributed by atoms with E-state index in [1.54, 1.807) is 6.20 Å². The van der Waals surface area contributed by atoms with E-state index in [1.807, 2.05) is 13.0 Å². The standard InChI is InChI=1S/C7H9N/c1-6-3-4-8-7(2)5-6/h3-4H,1,5H2,2H3. The lowest BCUT2D eigenvalue weighted by molar-refractivity contribution is 1.27. The van der Waals surface area contributed by atoms with Crippen LogP contribution < -0.4 is 0 Å². The molecular weight excluding hydrogens is 98.1 g/mol. The van der Waals surface area contributed by atoms with Gasteiger partial charge >= 0.3 is 0 Å². The molecule has 1 heterocycles. The molecule has 0 aromatic carbocycles. The smallest absolute Gasteiger partial charge is 0.0269 e. The minimum atomic E-state index is 0.941. The molecule has 1 heteroatoms. The molecule has 1 aliphatic heterocycles. The lowest BCUT2D eigenvalue weighted by Gasteiger charge is -2.02. The zero-order valence-electron chi connectivity index (χ0n) is 5.02. The Morgan fingerprint density at radius 1 is 1.75 bits per heavy atom. The molecule has 0 saturated heterocycles. The van der Waals surface area contributed by atoms with Crippen LogP contribution in [0.15, 0.2) is 29.4 Å². The molecule has 0 aromatic rings. The van der Waals surface area contributed by atoms with Crippen LogP contribution in [0, 0.1) is 0 Å². The Morgan fingerprint density at radius 2 is 2.50 bits per heavy atom. The molecule has 8 heavy (non-hydrogen) atoms. The van der Waals surface area contributed by atoms with Gasteiger partial charge in [-0.25, -0.2) is 0 Å². The summed E-state index contributed by atoms with van der Waals surface area (Å²) in [5.41, 5.74) is 2.30. The van der Waals surface area contributed by atoms with Crippen molar-refractivity contribution in [2.75, 3.05) is 0 Å². The first kappa shape index (κ1) is 5.29. The summed E-state index contributed by atoms with van der Waals surface area (Å²) in [6.07, 6.45) is 4.67.